The summed E-state index contributed by atoms with van der Waals surface area (Å²) in [5.41, 5.74) is 7.84. The minimum Gasteiger partial charge on any atom is -0.399 e. The normalized spacial score (nSPS) is 11.0. The number of thioether (sulfide) groups is 1. The van der Waals surface area contributed by atoms with Crippen molar-refractivity contribution in [1.29, 1.82) is 0 Å². The highest BCUT2D eigenvalue weighted by molar-refractivity contribution is 7.98. The summed E-state index contributed by atoms with van der Waals surface area (Å²) < 4.78 is 1.23. The van der Waals surface area contributed by atoms with Crippen LogP contribution in [0.15, 0.2) is 22.4 Å². The number of alkyl halides is 1. The monoisotopic (exact) mass is 243 g/mol. The van der Waals surface area contributed by atoms with E-state index in [1.807, 2.05) is 12.1 Å². The van der Waals surface area contributed by atoms with Gasteiger partial charge in [-0.2, -0.15) is 0 Å². The van der Waals surface area contributed by atoms with E-state index in [9.17, 15) is 0 Å². The summed E-state index contributed by atoms with van der Waals surface area (Å²) in [4.78, 5) is 1.22. The number of hydrogen-bond donors (Lipinski definition) is 1. The van der Waals surface area contributed by atoms with Crippen LogP contribution < -0.4 is 5.73 Å². The molecule has 1 heterocycles. The van der Waals surface area contributed by atoms with Crippen molar-refractivity contribution in [1.82, 2.24) is 0 Å². The van der Waals surface area contributed by atoms with Gasteiger partial charge in [0.05, 0.1) is 0 Å². The maximum absolute atomic E-state index is 5.88. The summed E-state index contributed by atoms with van der Waals surface area (Å²) in [6.07, 6.45) is 2.06. The molecule has 0 aliphatic heterocycles. The Morgan fingerprint density at radius 3 is 2.93 bits per heavy atom. The highest BCUT2D eigenvalue weighted by atomic mass is 35.5. The minimum absolute atomic E-state index is 0.567. The second-order valence-corrected chi connectivity index (χ2v) is 5.02. The fourth-order valence-electron chi connectivity index (χ4n) is 1.47. The molecule has 0 spiro atoms. The number of anilines is 1. The van der Waals surface area contributed by atoms with Gasteiger partial charge in [0.25, 0.3) is 0 Å². The molecule has 0 bridgehead atoms. The third-order valence-electron chi connectivity index (χ3n) is 2.10. The lowest BCUT2D eigenvalue weighted by Crippen LogP contribution is -1.85. The molecule has 2 aromatic rings. The first-order chi connectivity index (χ1) is 6.76. The Morgan fingerprint density at radius 2 is 2.29 bits per heavy atom. The molecule has 0 radical (unpaired) electrons. The topological polar surface area (TPSA) is 26.0 Å². The van der Waals surface area contributed by atoms with Crippen molar-refractivity contribution >= 4 is 50.5 Å². The summed E-state index contributed by atoms with van der Waals surface area (Å²) >= 11 is 9.30. The molecule has 14 heavy (non-hydrogen) atoms. The van der Waals surface area contributed by atoms with Crippen LogP contribution in [0.2, 0.25) is 0 Å². The lowest BCUT2D eigenvalue weighted by molar-refractivity contribution is 1.45. The van der Waals surface area contributed by atoms with E-state index in [4.69, 9.17) is 17.3 Å². The molecule has 1 aromatic carbocycles. The smallest absolute Gasteiger partial charge is 0.0488 e. The van der Waals surface area contributed by atoms with E-state index in [0.29, 0.717) is 5.88 Å². The predicted octanol–water partition coefficient (Wildman–Crippen LogP) is 3.94. The number of thiophene rings is 1. The van der Waals surface area contributed by atoms with Gasteiger partial charge < -0.3 is 5.73 Å². The van der Waals surface area contributed by atoms with Crippen LogP contribution in [0.4, 0.5) is 5.69 Å². The first-order valence-electron chi connectivity index (χ1n) is 4.16. The van der Waals surface area contributed by atoms with E-state index in [2.05, 4.69) is 11.6 Å². The second-order valence-electron chi connectivity index (χ2n) is 2.99. The Bertz CT molecular complexity index is 464. The van der Waals surface area contributed by atoms with Gasteiger partial charge in [-0.1, -0.05) is 0 Å². The van der Waals surface area contributed by atoms with Gasteiger partial charge in [0.15, 0.2) is 0 Å². The summed E-state index contributed by atoms with van der Waals surface area (Å²) in [5.74, 6) is 0.567. The molecule has 4 heteroatoms. The van der Waals surface area contributed by atoms with E-state index in [-0.39, 0.29) is 0 Å². The molecule has 2 rings (SSSR count). The lowest BCUT2D eigenvalue weighted by atomic mass is 10.2. The maximum atomic E-state index is 5.88. The molecule has 0 aliphatic rings. The molecule has 2 N–H and O–H groups in total. The standard InChI is InChI=1S/C10H10ClNS2/c1-13-8-2-7(12)3-9-10(8)6(4-11)5-14-9/h2-3,5H,4,12H2,1H3. The highest BCUT2D eigenvalue weighted by Gasteiger charge is 2.08. The van der Waals surface area contributed by atoms with E-state index < -0.39 is 0 Å². The number of nitrogens with two attached hydrogens (primary N) is 1. The first kappa shape index (κ1) is 10.1. The summed E-state index contributed by atoms with van der Waals surface area (Å²) in [6, 6.07) is 4.02. The summed E-state index contributed by atoms with van der Waals surface area (Å²) in [7, 11) is 0. The molecule has 0 unspecified atom stereocenters. The van der Waals surface area contributed by atoms with Crippen molar-refractivity contribution in [2.24, 2.45) is 0 Å². The Hall–Kier alpha value is -0.380. The highest BCUT2D eigenvalue weighted by Crippen LogP contribution is 2.36. The van der Waals surface area contributed by atoms with E-state index in [1.54, 1.807) is 23.1 Å². The number of hydrogen-bond acceptors (Lipinski definition) is 3. The number of benzene rings is 1. The van der Waals surface area contributed by atoms with Gasteiger partial charge in [0.2, 0.25) is 0 Å². The Morgan fingerprint density at radius 1 is 1.50 bits per heavy atom. The number of fused-ring (bicyclic) bond motifs is 1. The number of halogens is 1. The summed E-state index contributed by atoms with van der Waals surface area (Å²) in [5, 5.41) is 3.38. The number of rotatable bonds is 2. The van der Waals surface area contributed by atoms with E-state index in [1.165, 1.54) is 20.5 Å². The van der Waals surface area contributed by atoms with Crippen LogP contribution in [0, 0.1) is 0 Å². The van der Waals surface area contributed by atoms with Gasteiger partial charge >= 0.3 is 0 Å². The molecule has 74 valence electrons. The van der Waals surface area contributed by atoms with Crippen LogP contribution in [-0.2, 0) is 5.88 Å². The third kappa shape index (κ3) is 1.60. The van der Waals surface area contributed by atoms with Gasteiger partial charge in [-0.15, -0.1) is 34.7 Å². The van der Waals surface area contributed by atoms with Crippen LogP contribution in [0.5, 0.6) is 0 Å². The van der Waals surface area contributed by atoms with Gasteiger partial charge in [-0.3, -0.25) is 0 Å². The molecular formula is C10H10ClNS2. The van der Waals surface area contributed by atoms with Gasteiger partial charge in [0, 0.05) is 26.5 Å². The van der Waals surface area contributed by atoms with Crippen LogP contribution in [0.25, 0.3) is 10.1 Å². The molecule has 0 fully saturated rings. The van der Waals surface area contributed by atoms with Crippen molar-refractivity contribution in [2.45, 2.75) is 10.8 Å². The maximum Gasteiger partial charge on any atom is 0.0488 e. The zero-order valence-electron chi connectivity index (χ0n) is 7.71. The minimum atomic E-state index is 0.567. The molecular weight excluding hydrogens is 234 g/mol. The molecule has 0 amide bonds. The Labute approximate surface area is 96.2 Å². The van der Waals surface area contributed by atoms with Crippen molar-refractivity contribution in [3.05, 3.63) is 23.1 Å². The molecule has 0 aliphatic carbocycles. The molecule has 0 saturated heterocycles. The lowest BCUT2D eigenvalue weighted by Gasteiger charge is -2.03. The molecule has 0 saturated carbocycles. The van der Waals surface area contributed by atoms with Gasteiger partial charge in [0.1, 0.15) is 0 Å². The third-order valence-corrected chi connectivity index (χ3v) is 4.13. The molecule has 1 nitrogen and oxygen atoms in total. The number of nitrogen functional groups attached to an aromatic ring is 1. The largest absolute Gasteiger partial charge is 0.399 e. The quantitative estimate of drug-likeness (QED) is 0.491. The van der Waals surface area contributed by atoms with Crippen molar-refractivity contribution in [2.75, 3.05) is 12.0 Å². The fourth-order valence-corrected chi connectivity index (χ4v) is 3.57. The van der Waals surface area contributed by atoms with Crippen molar-refractivity contribution in [3.63, 3.8) is 0 Å². The first-order valence-corrected chi connectivity index (χ1v) is 6.79. The zero-order chi connectivity index (χ0) is 10.1. The van der Waals surface area contributed by atoms with Crippen LogP contribution in [0.3, 0.4) is 0 Å². The average Bonchev–Trinajstić information content (AvgIpc) is 2.59. The summed E-state index contributed by atoms with van der Waals surface area (Å²) in [6.45, 7) is 0. The molecule has 1 aromatic heterocycles. The van der Waals surface area contributed by atoms with E-state index in [0.717, 1.165) is 5.69 Å². The van der Waals surface area contributed by atoms with Crippen molar-refractivity contribution < 1.29 is 0 Å². The zero-order valence-corrected chi connectivity index (χ0v) is 10.1. The Balaban J connectivity index is 2.78. The van der Waals surface area contributed by atoms with Crippen LogP contribution >= 0.6 is 34.7 Å². The second kappa shape index (κ2) is 4.01. The average molecular weight is 244 g/mol. The van der Waals surface area contributed by atoms with Crippen molar-refractivity contribution in [3.8, 4) is 0 Å². The van der Waals surface area contributed by atoms with Gasteiger partial charge in [-0.05, 0) is 29.3 Å². The van der Waals surface area contributed by atoms with Crippen LogP contribution in [-0.4, -0.2) is 6.26 Å². The van der Waals surface area contributed by atoms with Crippen LogP contribution in [0.1, 0.15) is 5.56 Å². The Kier molecular flexibility index (Phi) is 2.91. The fraction of sp³-hybridized carbons (Fsp3) is 0.200. The predicted molar refractivity (Wildman–Crippen MR) is 67.6 cm³/mol. The molecule has 0 atom stereocenters. The van der Waals surface area contributed by atoms with E-state index >= 15 is 0 Å². The SMILES string of the molecule is CSc1cc(N)cc2scc(CCl)c12. The van der Waals surface area contributed by atoms with Gasteiger partial charge in [-0.25, -0.2) is 0 Å².